The minimum Gasteiger partial charge on any atom is -0.393 e. The molecular weight excluding hydrogens is 264 g/mol. The van der Waals surface area contributed by atoms with Crippen LogP contribution >= 0.6 is 0 Å². The van der Waals surface area contributed by atoms with Crippen LogP contribution in [0.1, 0.15) is 0 Å². The van der Waals surface area contributed by atoms with Crippen LogP contribution in [0.5, 0.6) is 0 Å². The van der Waals surface area contributed by atoms with Crippen LogP contribution in [0, 0.1) is 0 Å². The van der Waals surface area contributed by atoms with Crippen LogP contribution in [-0.4, -0.2) is 85.2 Å². The maximum absolute atomic E-state index is 10.5. The Hall–Kier alpha value is -0.360. The first-order valence-electron chi connectivity index (χ1n) is 5.43. The number of methoxy groups -OCH3 is 4. The van der Waals surface area contributed by atoms with E-state index < -0.39 is 36.4 Å². The number of aliphatic hydroxyl groups is 4. The van der Waals surface area contributed by atoms with E-state index in [1.165, 1.54) is 7.11 Å². The first kappa shape index (κ1) is 16.7. The maximum Gasteiger partial charge on any atom is 0.285 e. The minimum atomic E-state index is -2.77. The molecule has 0 radical (unpaired) electrons. The normalized spacial score (nSPS) is 47.4. The largest absolute Gasteiger partial charge is 0.393 e. The molecule has 0 bridgehead atoms. The average Bonchev–Trinajstić information content (AvgIpc) is 2.44. The summed E-state index contributed by atoms with van der Waals surface area (Å²) in [5, 5.41) is 40.4. The van der Waals surface area contributed by atoms with Gasteiger partial charge in [0.05, 0.1) is 6.61 Å². The van der Waals surface area contributed by atoms with Gasteiger partial charge < -0.3 is 44.1 Å². The third kappa shape index (κ3) is 1.98. The highest BCUT2D eigenvalue weighted by Gasteiger charge is 2.75. The van der Waals surface area contributed by atoms with Gasteiger partial charge in [0.2, 0.25) is 6.29 Å². The predicted molar refractivity (Wildman–Crippen MR) is 58.6 cm³/mol. The van der Waals surface area contributed by atoms with Crippen LogP contribution in [0.15, 0.2) is 0 Å². The van der Waals surface area contributed by atoms with Crippen molar-refractivity contribution < 1.29 is 44.1 Å². The first-order chi connectivity index (χ1) is 8.81. The minimum absolute atomic E-state index is 0.727. The summed E-state index contributed by atoms with van der Waals surface area (Å²) < 4.78 is 24.3. The number of ether oxygens (including phenoxy) is 5. The van der Waals surface area contributed by atoms with Gasteiger partial charge in [-0.05, 0) is 0 Å². The molecule has 1 aliphatic heterocycles. The number of rotatable bonds is 5. The molecule has 1 aliphatic rings. The van der Waals surface area contributed by atoms with Crippen molar-refractivity contribution in [2.24, 2.45) is 0 Å². The molecule has 4 N–H and O–H groups in total. The summed E-state index contributed by atoms with van der Waals surface area (Å²) >= 11 is 0. The monoisotopic (exact) mass is 284 g/mol. The fraction of sp³-hybridized carbons (Fsp3) is 1.00. The zero-order chi connectivity index (χ0) is 14.9. The van der Waals surface area contributed by atoms with Crippen molar-refractivity contribution in [1.29, 1.82) is 0 Å². The Morgan fingerprint density at radius 3 is 1.79 bits per heavy atom. The second kappa shape index (κ2) is 5.56. The van der Waals surface area contributed by atoms with E-state index in [4.69, 9.17) is 23.7 Å². The quantitative estimate of drug-likeness (QED) is 0.400. The molecule has 9 nitrogen and oxygen atoms in total. The van der Waals surface area contributed by atoms with Gasteiger partial charge in [0.1, 0.15) is 6.10 Å². The molecule has 0 aromatic rings. The smallest absolute Gasteiger partial charge is 0.285 e. The third-order valence-corrected chi connectivity index (χ3v) is 3.31. The fourth-order valence-electron chi connectivity index (χ4n) is 2.15. The topological polar surface area (TPSA) is 127 Å². The van der Waals surface area contributed by atoms with Crippen LogP contribution in [-0.2, 0) is 23.7 Å². The lowest BCUT2D eigenvalue weighted by atomic mass is 9.87. The van der Waals surface area contributed by atoms with Crippen molar-refractivity contribution in [3.05, 3.63) is 0 Å². The average molecular weight is 284 g/mol. The third-order valence-electron chi connectivity index (χ3n) is 3.31. The summed E-state index contributed by atoms with van der Waals surface area (Å²) in [4.78, 5) is 0. The Kier molecular flexibility index (Phi) is 4.88. The first-order valence-corrected chi connectivity index (χ1v) is 5.43. The molecule has 1 fully saturated rings. The van der Waals surface area contributed by atoms with Crippen molar-refractivity contribution in [1.82, 2.24) is 0 Å². The van der Waals surface area contributed by atoms with Crippen molar-refractivity contribution >= 4 is 0 Å². The van der Waals surface area contributed by atoms with Gasteiger partial charge in [0.15, 0.2) is 0 Å². The van der Waals surface area contributed by atoms with Crippen molar-refractivity contribution in [2.45, 2.75) is 29.8 Å². The van der Waals surface area contributed by atoms with E-state index in [0.29, 0.717) is 0 Å². The molecule has 0 amide bonds. The van der Waals surface area contributed by atoms with Crippen molar-refractivity contribution in [3.8, 4) is 0 Å². The van der Waals surface area contributed by atoms with Crippen molar-refractivity contribution in [2.75, 3.05) is 35.0 Å². The van der Waals surface area contributed by atoms with Crippen molar-refractivity contribution in [3.63, 3.8) is 0 Å². The number of hydrogen-bond acceptors (Lipinski definition) is 9. The van der Waals surface area contributed by atoms with Crippen LogP contribution < -0.4 is 0 Å². The zero-order valence-electron chi connectivity index (χ0n) is 11.2. The van der Waals surface area contributed by atoms with Crippen LogP contribution in [0.2, 0.25) is 0 Å². The summed E-state index contributed by atoms with van der Waals surface area (Å²) in [6.45, 7) is -0.727. The molecule has 0 unspecified atom stereocenters. The molecule has 9 heteroatoms. The second-order valence-corrected chi connectivity index (χ2v) is 4.02. The molecule has 0 spiro atoms. The summed E-state index contributed by atoms with van der Waals surface area (Å²) in [6, 6.07) is 0. The van der Waals surface area contributed by atoms with E-state index in [9.17, 15) is 20.4 Å². The molecule has 0 aromatic carbocycles. The number of aliphatic hydroxyl groups excluding tert-OH is 1. The van der Waals surface area contributed by atoms with Gasteiger partial charge in [-0.25, -0.2) is 0 Å². The highest BCUT2D eigenvalue weighted by atomic mass is 16.8. The van der Waals surface area contributed by atoms with E-state index in [2.05, 4.69) is 0 Å². The highest BCUT2D eigenvalue weighted by Crippen LogP contribution is 2.45. The summed E-state index contributed by atoms with van der Waals surface area (Å²) in [5.74, 6) is -7.95. The molecule has 114 valence electrons. The molecule has 0 aromatic heterocycles. The Balaban J connectivity index is 3.40. The standard InChI is InChI=1S/C10H20O9/c1-15-7-9(13,17-3)10(14,18-4)8(12,16-2)6(5-11)19-7/h6-7,11-14H,5H2,1-4H3/t6-,7+,8+,9-,10-/m1/s1. The van der Waals surface area contributed by atoms with Gasteiger partial charge in [-0.3, -0.25) is 0 Å². The summed E-state index contributed by atoms with van der Waals surface area (Å²) in [5.41, 5.74) is 0. The Bertz CT molecular complexity index is 287. The van der Waals surface area contributed by atoms with Gasteiger partial charge in [-0.15, -0.1) is 0 Å². The zero-order valence-corrected chi connectivity index (χ0v) is 11.2. The van der Waals surface area contributed by atoms with E-state index in [-0.39, 0.29) is 0 Å². The van der Waals surface area contributed by atoms with E-state index >= 15 is 0 Å². The Labute approximate surface area is 110 Å². The number of hydrogen-bond donors (Lipinski definition) is 4. The molecule has 0 saturated carbocycles. The molecule has 1 saturated heterocycles. The van der Waals surface area contributed by atoms with Gasteiger partial charge in [0, 0.05) is 28.4 Å². The Morgan fingerprint density at radius 1 is 0.947 bits per heavy atom. The molecule has 1 heterocycles. The maximum atomic E-state index is 10.5. The molecule has 0 aliphatic carbocycles. The van der Waals surface area contributed by atoms with E-state index in [0.717, 1.165) is 21.3 Å². The molecule has 1 rings (SSSR count). The van der Waals surface area contributed by atoms with Crippen LogP contribution in [0.25, 0.3) is 0 Å². The van der Waals surface area contributed by atoms with Gasteiger partial charge in [0.25, 0.3) is 17.4 Å². The van der Waals surface area contributed by atoms with E-state index in [1.807, 2.05) is 0 Å². The summed E-state index contributed by atoms with van der Waals surface area (Å²) in [6.07, 6.45) is -2.97. The second-order valence-electron chi connectivity index (χ2n) is 4.02. The van der Waals surface area contributed by atoms with Gasteiger partial charge >= 0.3 is 0 Å². The lowest BCUT2D eigenvalue weighted by molar-refractivity contribution is -0.545. The molecular formula is C10H20O9. The summed E-state index contributed by atoms with van der Waals surface area (Å²) in [7, 11) is 4.28. The lowest BCUT2D eigenvalue weighted by Crippen LogP contribution is -2.82. The van der Waals surface area contributed by atoms with E-state index in [1.54, 1.807) is 0 Å². The van der Waals surface area contributed by atoms with Crippen LogP contribution in [0.3, 0.4) is 0 Å². The Morgan fingerprint density at radius 2 is 1.47 bits per heavy atom. The van der Waals surface area contributed by atoms with Gasteiger partial charge in [-0.1, -0.05) is 0 Å². The fourth-order valence-corrected chi connectivity index (χ4v) is 2.15. The molecule has 5 atom stereocenters. The predicted octanol–water partition coefficient (Wildman–Crippen LogP) is -2.64. The van der Waals surface area contributed by atoms with Gasteiger partial charge in [-0.2, -0.15) is 0 Å². The SMILES string of the molecule is CO[C@H]1O[C@H](CO)[C@](O)(OC)[C@@](O)(OC)[C@]1(O)OC. The lowest BCUT2D eigenvalue weighted by Gasteiger charge is -2.56. The highest BCUT2D eigenvalue weighted by molar-refractivity contribution is 5.06. The molecule has 19 heavy (non-hydrogen) atoms. The van der Waals surface area contributed by atoms with Crippen LogP contribution in [0.4, 0.5) is 0 Å².